The molecule has 96 valence electrons. The molecule has 1 fully saturated rings. The molecule has 0 bridgehead atoms. The molecule has 2 nitrogen and oxygen atoms in total. The molecule has 3 atom stereocenters. The molecule has 0 aromatic rings. The molecule has 0 amide bonds. The van der Waals surface area contributed by atoms with Crippen molar-refractivity contribution in [2.45, 2.75) is 84.0 Å². The lowest BCUT2D eigenvalue weighted by Crippen LogP contribution is -2.45. The molecule has 0 saturated heterocycles. The Kier molecular flexibility index (Phi) is 7.06. The van der Waals surface area contributed by atoms with Gasteiger partial charge >= 0.3 is 0 Å². The summed E-state index contributed by atoms with van der Waals surface area (Å²) < 4.78 is 6.18. The molecule has 2 heteroatoms. The molecule has 0 radical (unpaired) electrons. The molecule has 0 heterocycles. The van der Waals surface area contributed by atoms with E-state index in [9.17, 15) is 0 Å². The van der Waals surface area contributed by atoms with E-state index in [1.165, 1.54) is 44.9 Å². The van der Waals surface area contributed by atoms with Gasteiger partial charge in [0.25, 0.3) is 0 Å². The summed E-state index contributed by atoms with van der Waals surface area (Å²) in [6.45, 7) is 7.81. The van der Waals surface area contributed by atoms with Crippen LogP contribution in [0.5, 0.6) is 0 Å². The van der Waals surface area contributed by atoms with Crippen LogP contribution in [-0.4, -0.2) is 24.8 Å². The Balaban J connectivity index is 2.33. The SMILES string of the molecule is CCCNC1CCCCC1OC(C)CCC. The van der Waals surface area contributed by atoms with Crippen molar-refractivity contribution in [1.29, 1.82) is 0 Å². The molecule has 1 rings (SSSR count). The Hall–Kier alpha value is -0.0800. The second kappa shape index (κ2) is 8.08. The zero-order valence-electron chi connectivity index (χ0n) is 11.3. The van der Waals surface area contributed by atoms with E-state index in [2.05, 4.69) is 26.1 Å². The first-order chi connectivity index (χ1) is 7.77. The quantitative estimate of drug-likeness (QED) is 0.718. The van der Waals surface area contributed by atoms with Crippen molar-refractivity contribution < 1.29 is 4.74 Å². The first-order valence-electron chi connectivity index (χ1n) is 7.16. The molecule has 3 unspecified atom stereocenters. The van der Waals surface area contributed by atoms with Crippen LogP contribution in [0, 0.1) is 0 Å². The number of ether oxygens (including phenoxy) is 1. The molecule has 16 heavy (non-hydrogen) atoms. The van der Waals surface area contributed by atoms with Crippen LogP contribution in [0.25, 0.3) is 0 Å². The van der Waals surface area contributed by atoms with E-state index >= 15 is 0 Å². The van der Waals surface area contributed by atoms with Crippen molar-refractivity contribution >= 4 is 0 Å². The average molecular weight is 227 g/mol. The molecule has 0 aromatic carbocycles. The molecule has 0 aliphatic heterocycles. The van der Waals surface area contributed by atoms with Gasteiger partial charge in [0.05, 0.1) is 12.2 Å². The van der Waals surface area contributed by atoms with Crippen LogP contribution in [0.2, 0.25) is 0 Å². The van der Waals surface area contributed by atoms with Crippen molar-refractivity contribution in [2.24, 2.45) is 0 Å². The lowest BCUT2D eigenvalue weighted by Gasteiger charge is -2.34. The normalized spacial score (nSPS) is 27.9. The maximum atomic E-state index is 6.18. The van der Waals surface area contributed by atoms with Gasteiger partial charge < -0.3 is 10.1 Å². The second-order valence-corrected chi connectivity index (χ2v) is 5.12. The minimum atomic E-state index is 0.430. The molecule has 1 aliphatic rings. The number of hydrogen-bond donors (Lipinski definition) is 1. The lowest BCUT2D eigenvalue weighted by molar-refractivity contribution is -0.0418. The predicted octanol–water partition coefficient (Wildman–Crippen LogP) is 3.50. The Morgan fingerprint density at radius 2 is 1.94 bits per heavy atom. The van der Waals surface area contributed by atoms with Crippen LogP contribution in [0.3, 0.4) is 0 Å². The highest BCUT2D eigenvalue weighted by molar-refractivity contribution is 4.82. The maximum absolute atomic E-state index is 6.18. The third-order valence-electron chi connectivity index (χ3n) is 3.46. The van der Waals surface area contributed by atoms with Gasteiger partial charge in [-0.25, -0.2) is 0 Å². The fraction of sp³-hybridized carbons (Fsp3) is 1.00. The smallest absolute Gasteiger partial charge is 0.0731 e. The van der Waals surface area contributed by atoms with Gasteiger partial charge in [-0.15, -0.1) is 0 Å². The summed E-state index contributed by atoms with van der Waals surface area (Å²) in [5.74, 6) is 0. The summed E-state index contributed by atoms with van der Waals surface area (Å²) in [5.41, 5.74) is 0. The standard InChI is InChI=1S/C14H29NO/c1-4-8-12(3)16-14-10-7-6-9-13(14)15-11-5-2/h12-15H,4-11H2,1-3H3. The van der Waals surface area contributed by atoms with E-state index in [1.807, 2.05) is 0 Å². The van der Waals surface area contributed by atoms with Crippen LogP contribution in [0.4, 0.5) is 0 Å². The fourth-order valence-corrected chi connectivity index (χ4v) is 2.60. The van der Waals surface area contributed by atoms with Gasteiger partial charge in [-0.05, 0) is 39.2 Å². The molecule has 1 saturated carbocycles. The Morgan fingerprint density at radius 1 is 1.19 bits per heavy atom. The molecule has 0 aromatic heterocycles. The molecule has 0 spiro atoms. The van der Waals surface area contributed by atoms with Crippen molar-refractivity contribution in [2.75, 3.05) is 6.54 Å². The average Bonchev–Trinajstić information content (AvgIpc) is 2.28. The van der Waals surface area contributed by atoms with Crippen LogP contribution >= 0.6 is 0 Å². The van der Waals surface area contributed by atoms with Gasteiger partial charge in [-0.1, -0.05) is 33.1 Å². The minimum absolute atomic E-state index is 0.430. The Bertz CT molecular complexity index is 172. The Morgan fingerprint density at radius 3 is 2.62 bits per heavy atom. The summed E-state index contributed by atoms with van der Waals surface area (Å²) in [4.78, 5) is 0. The van der Waals surface area contributed by atoms with E-state index < -0.39 is 0 Å². The van der Waals surface area contributed by atoms with E-state index in [0.29, 0.717) is 18.2 Å². The van der Waals surface area contributed by atoms with E-state index in [1.54, 1.807) is 0 Å². The first-order valence-corrected chi connectivity index (χ1v) is 7.16. The van der Waals surface area contributed by atoms with Gasteiger partial charge in [-0.3, -0.25) is 0 Å². The molecule has 1 N–H and O–H groups in total. The first kappa shape index (κ1) is 14.0. The van der Waals surface area contributed by atoms with Crippen LogP contribution in [-0.2, 0) is 4.74 Å². The molecule has 1 aliphatic carbocycles. The van der Waals surface area contributed by atoms with Crippen molar-refractivity contribution in [3.63, 3.8) is 0 Å². The van der Waals surface area contributed by atoms with Crippen LogP contribution in [0.15, 0.2) is 0 Å². The second-order valence-electron chi connectivity index (χ2n) is 5.12. The van der Waals surface area contributed by atoms with Gasteiger partial charge in [0, 0.05) is 6.04 Å². The third kappa shape index (κ3) is 4.84. The van der Waals surface area contributed by atoms with Gasteiger partial charge in [-0.2, -0.15) is 0 Å². The number of nitrogens with one attached hydrogen (secondary N) is 1. The molecular weight excluding hydrogens is 198 g/mol. The van der Waals surface area contributed by atoms with E-state index in [0.717, 1.165) is 6.54 Å². The van der Waals surface area contributed by atoms with Crippen LogP contribution in [0.1, 0.15) is 65.7 Å². The summed E-state index contributed by atoms with van der Waals surface area (Å²) in [6.07, 6.45) is 9.77. The third-order valence-corrected chi connectivity index (χ3v) is 3.46. The fourth-order valence-electron chi connectivity index (χ4n) is 2.60. The monoisotopic (exact) mass is 227 g/mol. The lowest BCUT2D eigenvalue weighted by atomic mass is 9.92. The molecular formula is C14H29NO. The summed E-state index contributed by atoms with van der Waals surface area (Å²) in [7, 11) is 0. The van der Waals surface area contributed by atoms with Crippen molar-refractivity contribution in [3.8, 4) is 0 Å². The predicted molar refractivity (Wildman–Crippen MR) is 69.8 cm³/mol. The topological polar surface area (TPSA) is 21.3 Å². The highest BCUT2D eigenvalue weighted by atomic mass is 16.5. The number of hydrogen-bond acceptors (Lipinski definition) is 2. The maximum Gasteiger partial charge on any atom is 0.0731 e. The Labute approximate surface area is 101 Å². The number of rotatable bonds is 7. The van der Waals surface area contributed by atoms with Crippen molar-refractivity contribution in [1.82, 2.24) is 5.32 Å². The van der Waals surface area contributed by atoms with Gasteiger partial charge in [0.15, 0.2) is 0 Å². The highest BCUT2D eigenvalue weighted by Crippen LogP contribution is 2.23. The van der Waals surface area contributed by atoms with Gasteiger partial charge in [0.1, 0.15) is 0 Å². The largest absolute Gasteiger partial charge is 0.374 e. The van der Waals surface area contributed by atoms with Gasteiger partial charge in [0.2, 0.25) is 0 Å². The van der Waals surface area contributed by atoms with Crippen LogP contribution < -0.4 is 5.32 Å². The summed E-state index contributed by atoms with van der Waals surface area (Å²) >= 11 is 0. The van der Waals surface area contributed by atoms with E-state index in [4.69, 9.17) is 4.74 Å². The minimum Gasteiger partial charge on any atom is -0.374 e. The van der Waals surface area contributed by atoms with E-state index in [-0.39, 0.29) is 0 Å². The zero-order chi connectivity index (χ0) is 11.8. The highest BCUT2D eigenvalue weighted by Gasteiger charge is 2.26. The van der Waals surface area contributed by atoms with Crippen molar-refractivity contribution in [3.05, 3.63) is 0 Å². The zero-order valence-corrected chi connectivity index (χ0v) is 11.3. The summed E-state index contributed by atoms with van der Waals surface area (Å²) in [5, 5.41) is 3.64. The summed E-state index contributed by atoms with van der Waals surface area (Å²) in [6, 6.07) is 0.605.